The summed E-state index contributed by atoms with van der Waals surface area (Å²) in [5.74, 6) is 0.539. The molecule has 0 amide bonds. The fourth-order valence-corrected chi connectivity index (χ4v) is 2.18. The molecule has 8 heteroatoms. The maximum atomic E-state index is 5.92. The molecule has 1 atom stereocenters. The van der Waals surface area contributed by atoms with Crippen LogP contribution in [-0.4, -0.2) is 60.6 Å². The maximum absolute atomic E-state index is 5.92. The topological polar surface area (TPSA) is 69.6 Å². The van der Waals surface area contributed by atoms with Gasteiger partial charge in [0.05, 0.1) is 26.4 Å². The second kappa shape index (κ2) is 5.85. The summed E-state index contributed by atoms with van der Waals surface area (Å²) in [6.45, 7) is 4.08. The van der Waals surface area contributed by atoms with E-state index in [9.17, 15) is 0 Å². The molecule has 1 aromatic rings. The van der Waals surface area contributed by atoms with E-state index in [0.717, 1.165) is 19.5 Å². The number of rotatable bonds is 3. The van der Waals surface area contributed by atoms with E-state index in [1.807, 2.05) is 4.90 Å². The molecule has 3 heterocycles. The number of ether oxygens (including phenoxy) is 3. The molecular formula is C11H15ClN4O3. The average molecular weight is 287 g/mol. The van der Waals surface area contributed by atoms with Gasteiger partial charge in [-0.1, -0.05) is 0 Å². The van der Waals surface area contributed by atoms with Crippen molar-refractivity contribution in [3.63, 3.8) is 0 Å². The van der Waals surface area contributed by atoms with Crippen molar-refractivity contribution in [2.45, 2.75) is 12.5 Å². The van der Waals surface area contributed by atoms with Crippen LogP contribution in [0, 0.1) is 0 Å². The van der Waals surface area contributed by atoms with Gasteiger partial charge in [0.2, 0.25) is 11.2 Å². The van der Waals surface area contributed by atoms with E-state index in [1.165, 1.54) is 0 Å². The third kappa shape index (κ3) is 3.23. The van der Waals surface area contributed by atoms with E-state index >= 15 is 0 Å². The largest absolute Gasteiger partial charge is 0.457 e. The van der Waals surface area contributed by atoms with Crippen molar-refractivity contribution in [3.05, 3.63) is 5.28 Å². The monoisotopic (exact) mass is 286 g/mol. The zero-order chi connectivity index (χ0) is 13.1. The van der Waals surface area contributed by atoms with Gasteiger partial charge >= 0.3 is 6.01 Å². The van der Waals surface area contributed by atoms with Gasteiger partial charge in [-0.3, -0.25) is 0 Å². The second-order valence-corrected chi connectivity index (χ2v) is 4.73. The van der Waals surface area contributed by atoms with Crippen LogP contribution in [0.4, 0.5) is 5.95 Å². The molecule has 0 spiro atoms. The van der Waals surface area contributed by atoms with E-state index in [0.29, 0.717) is 32.4 Å². The summed E-state index contributed by atoms with van der Waals surface area (Å²) in [7, 11) is 0. The van der Waals surface area contributed by atoms with E-state index in [4.69, 9.17) is 25.8 Å². The van der Waals surface area contributed by atoms with Crippen LogP contribution < -0.4 is 9.64 Å². The molecule has 0 radical (unpaired) electrons. The SMILES string of the molecule is Clc1nc(OC2CCOC2)nc(N2CCOCC2)n1. The third-order valence-corrected chi connectivity index (χ3v) is 3.20. The number of aromatic nitrogens is 3. The zero-order valence-corrected chi connectivity index (χ0v) is 11.2. The summed E-state index contributed by atoms with van der Waals surface area (Å²) in [5, 5.41) is 0.144. The molecule has 104 valence electrons. The smallest absolute Gasteiger partial charge is 0.322 e. The normalized spacial score (nSPS) is 23.6. The van der Waals surface area contributed by atoms with Crippen LogP contribution in [0.25, 0.3) is 0 Å². The minimum atomic E-state index is -0.00370. The zero-order valence-electron chi connectivity index (χ0n) is 10.4. The van der Waals surface area contributed by atoms with Gasteiger partial charge in [-0.15, -0.1) is 0 Å². The lowest BCUT2D eigenvalue weighted by atomic mass is 10.3. The number of nitrogens with zero attached hydrogens (tertiary/aromatic N) is 4. The average Bonchev–Trinajstić information content (AvgIpc) is 2.92. The number of hydrogen-bond acceptors (Lipinski definition) is 7. The standard InChI is InChI=1S/C11H15ClN4O3/c12-9-13-10(16-2-5-17-6-3-16)15-11(14-9)19-8-1-4-18-7-8/h8H,1-7H2. The van der Waals surface area contributed by atoms with Crippen molar-refractivity contribution in [2.24, 2.45) is 0 Å². The van der Waals surface area contributed by atoms with Crippen molar-refractivity contribution in [1.29, 1.82) is 0 Å². The molecule has 2 fully saturated rings. The Morgan fingerprint density at radius 1 is 1.11 bits per heavy atom. The molecule has 2 aliphatic rings. The summed E-state index contributed by atoms with van der Waals surface area (Å²) in [6, 6.07) is 0.261. The number of anilines is 1. The Bertz CT molecular complexity index is 436. The lowest BCUT2D eigenvalue weighted by Gasteiger charge is -2.26. The van der Waals surface area contributed by atoms with Gasteiger partial charge in [-0.2, -0.15) is 15.0 Å². The summed E-state index contributed by atoms with van der Waals surface area (Å²) in [6.07, 6.45) is 0.840. The molecule has 0 saturated carbocycles. The Kier molecular flexibility index (Phi) is 3.95. The Morgan fingerprint density at radius 3 is 2.68 bits per heavy atom. The van der Waals surface area contributed by atoms with Crippen molar-refractivity contribution in [3.8, 4) is 6.01 Å². The molecule has 0 aliphatic carbocycles. The number of hydrogen-bond donors (Lipinski definition) is 0. The first kappa shape index (κ1) is 12.8. The molecule has 0 N–H and O–H groups in total. The Hall–Kier alpha value is -1.18. The summed E-state index contributed by atoms with van der Waals surface area (Å²) in [4.78, 5) is 14.4. The lowest BCUT2D eigenvalue weighted by Crippen LogP contribution is -2.37. The molecule has 19 heavy (non-hydrogen) atoms. The molecule has 0 bridgehead atoms. The van der Waals surface area contributed by atoms with Crippen molar-refractivity contribution in [1.82, 2.24) is 15.0 Å². The van der Waals surface area contributed by atoms with Gasteiger partial charge in [0.1, 0.15) is 6.10 Å². The van der Waals surface area contributed by atoms with E-state index < -0.39 is 0 Å². The first-order chi connectivity index (χ1) is 9.31. The number of morpholine rings is 1. The number of halogens is 1. The summed E-state index contributed by atoms with van der Waals surface area (Å²) < 4.78 is 16.2. The second-order valence-electron chi connectivity index (χ2n) is 4.39. The predicted octanol–water partition coefficient (Wildman–Crippen LogP) is 0.529. The van der Waals surface area contributed by atoms with E-state index in [1.54, 1.807) is 0 Å². The molecule has 1 unspecified atom stereocenters. The Labute approximate surface area is 115 Å². The molecular weight excluding hydrogens is 272 g/mol. The van der Waals surface area contributed by atoms with Crippen LogP contribution in [0.1, 0.15) is 6.42 Å². The third-order valence-electron chi connectivity index (χ3n) is 3.03. The summed E-state index contributed by atoms with van der Waals surface area (Å²) >= 11 is 5.92. The van der Waals surface area contributed by atoms with Crippen molar-refractivity contribution in [2.75, 3.05) is 44.4 Å². The van der Waals surface area contributed by atoms with Gasteiger partial charge in [0.25, 0.3) is 0 Å². The van der Waals surface area contributed by atoms with Crippen LogP contribution in [0.3, 0.4) is 0 Å². The summed E-state index contributed by atoms with van der Waals surface area (Å²) in [5.41, 5.74) is 0. The van der Waals surface area contributed by atoms with Gasteiger partial charge in [0.15, 0.2) is 0 Å². The highest BCUT2D eigenvalue weighted by Gasteiger charge is 2.21. The minimum absolute atomic E-state index is 0.00370. The molecule has 1 aromatic heterocycles. The van der Waals surface area contributed by atoms with Crippen LogP contribution in [0.15, 0.2) is 0 Å². The molecule has 2 aliphatic heterocycles. The fraction of sp³-hybridized carbons (Fsp3) is 0.727. The van der Waals surface area contributed by atoms with Gasteiger partial charge in [-0.25, -0.2) is 0 Å². The minimum Gasteiger partial charge on any atom is -0.457 e. The highest BCUT2D eigenvalue weighted by atomic mass is 35.5. The van der Waals surface area contributed by atoms with Gasteiger partial charge < -0.3 is 19.1 Å². The molecule has 0 aromatic carbocycles. The molecule has 3 rings (SSSR count). The molecule has 2 saturated heterocycles. The van der Waals surface area contributed by atoms with E-state index in [-0.39, 0.29) is 17.4 Å². The Morgan fingerprint density at radius 2 is 1.95 bits per heavy atom. The van der Waals surface area contributed by atoms with Crippen LogP contribution in [0.5, 0.6) is 6.01 Å². The highest BCUT2D eigenvalue weighted by molar-refractivity contribution is 6.28. The predicted molar refractivity (Wildman–Crippen MR) is 67.7 cm³/mol. The first-order valence-corrected chi connectivity index (χ1v) is 6.68. The quantitative estimate of drug-likeness (QED) is 0.803. The van der Waals surface area contributed by atoms with Crippen molar-refractivity contribution >= 4 is 17.5 Å². The lowest BCUT2D eigenvalue weighted by molar-refractivity contribution is 0.121. The Balaban J connectivity index is 1.74. The van der Waals surface area contributed by atoms with Crippen LogP contribution in [-0.2, 0) is 9.47 Å². The fourth-order valence-electron chi connectivity index (χ4n) is 2.03. The van der Waals surface area contributed by atoms with Gasteiger partial charge in [0, 0.05) is 19.5 Å². The van der Waals surface area contributed by atoms with Crippen molar-refractivity contribution < 1.29 is 14.2 Å². The van der Waals surface area contributed by atoms with Gasteiger partial charge in [-0.05, 0) is 11.6 Å². The highest BCUT2D eigenvalue weighted by Crippen LogP contribution is 2.18. The van der Waals surface area contributed by atoms with Crippen LogP contribution >= 0.6 is 11.6 Å². The maximum Gasteiger partial charge on any atom is 0.322 e. The van der Waals surface area contributed by atoms with E-state index in [2.05, 4.69) is 15.0 Å². The van der Waals surface area contributed by atoms with Crippen LogP contribution in [0.2, 0.25) is 5.28 Å². The first-order valence-electron chi connectivity index (χ1n) is 6.30. The molecule has 7 nitrogen and oxygen atoms in total.